The van der Waals surface area contributed by atoms with Crippen molar-refractivity contribution in [3.05, 3.63) is 126 Å². The second-order valence-corrected chi connectivity index (χ2v) is 14.3. The van der Waals surface area contributed by atoms with E-state index in [0.717, 1.165) is 27.6 Å². The van der Waals surface area contributed by atoms with E-state index in [4.69, 9.17) is 15.0 Å². The minimum absolute atomic E-state index is 0.0473. The maximum atomic E-state index is 5.29. The second kappa shape index (κ2) is 10.1. The van der Waals surface area contributed by atoms with Gasteiger partial charge in [-0.05, 0) is 58.4 Å². The first kappa shape index (κ1) is 28.2. The first-order valence-corrected chi connectivity index (χ1v) is 16.0. The molecule has 0 saturated heterocycles. The van der Waals surface area contributed by atoms with Gasteiger partial charge in [0.1, 0.15) is 0 Å². The summed E-state index contributed by atoms with van der Waals surface area (Å²) in [7, 11) is 0. The highest BCUT2D eigenvalue weighted by atomic mass is 15.3. The van der Waals surface area contributed by atoms with Gasteiger partial charge < -0.3 is 0 Å². The Kier molecular flexibility index (Phi) is 6.20. The van der Waals surface area contributed by atoms with E-state index in [1.54, 1.807) is 0 Å². The summed E-state index contributed by atoms with van der Waals surface area (Å²) in [5, 5.41) is 4.68. The Morgan fingerprint density at radius 3 is 1.07 bits per heavy atom. The molecule has 0 radical (unpaired) electrons. The molecule has 0 aliphatic rings. The number of nitrogens with zero attached hydrogens (tertiary/aromatic N) is 5. The molecule has 0 N–H and O–H groups in total. The predicted octanol–water partition coefficient (Wildman–Crippen LogP) is 10.3. The predicted molar refractivity (Wildman–Crippen MR) is 191 cm³/mol. The molecular weight excluding hydrogens is 562 g/mol. The molecule has 0 unspecified atom stereocenters. The summed E-state index contributed by atoms with van der Waals surface area (Å²) in [4.78, 5) is 15.9. The zero-order valence-corrected chi connectivity index (χ0v) is 27.2. The molecule has 0 amide bonds. The van der Waals surface area contributed by atoms with Crippen molar-refractivity contribution in [3.63, 3.8) is 0 Å². The highest BCUT2D eigenvalue weighted by Gasteiger charge is 2.24. The van der Waals surface area contributed by atoms with E-state index >= 15 is 0 Å². The number of fused-ring (bicyclic) bond motifs is 6. The van der Waals surface area contributed by atoms with Crippen LogP contribution in [0.25, 0.3) is 66.9 Å². The summed E-state index contributed by atoms with van der Waals surface area (Å²) in [5.41, 5.74) is 7.66. The first-order valence-electron chi connectivity index (χ1n) is 16.0. The molecule has 8 rings (SSSR count). The zero-order chi connectivity index (χ0) is 31.8. The lowest BCUT2D eigenvalue weighted by Gasteiger charge is -2.26. The Morgan fingerprint density at radius 2 is 0.739 bits per heavy atom. The van der Waals surface area contributed by atoms with Crippen LogP contribution in [0, 0.1) is 0 Å². The summed E-state index contributed by atoms with van der Waals surface area (Å²) in [6.07, 6.45) is 0. The maximum absolute atomic E-state index is 5.29. The van der Waals surface area contributed by atoms with Gasteiger partial charge in [-0.15, -0.1) is 0 Å². The molecule has 5 nitrogen and oxygen atoms in total. The Hall–Kier alpha value is -5.29. The largest absolute Gasteiger partial charge is 0.278 e. The molecule has 5 heteroatoms. The van der Waals surface area contributed by atoms with Crippen LogP contribution in [-0.2, 0) is 10.8 Å². The SMILES string of the molecule is CC(C)(C)c1cc(-c2nc(-n3c4ccccc4c4ccccc43)nc(-n3c4ccccc4c4ccccc43)n2)cc(C(C)(C)C)c1. The molecule has 0 aliphatic carbocycles. The third kappa shape index (κ3) is 4.49. The standard InChI is InChI=1S/C41H37N5/c1-40(2,3)27-23-26(24-28(25-27)41(4,5)6)37-42-38(45-33-19-11-7-15-29(33)30-16-8-12-20-34(30)45)44-39(43-37)46-35-21-13-9-17-31(35)32-18-10-14-22-36(32)46/h7-25H,1-6H3. The molecule has 0 spiro atoms. The van der Waals surface area contributed by atoms with Gasteiger partial charge in [0.15, 0.2) is 5.82 Å². The first-order chi connectivity index (χ1) is 22.1. The molecule has 3 aromatic heterocycles. The summed E-state index contributed by atoms with van der Waals surface area (Å²) in [6.45, 7) is 13.6. The molecule has 0 saturated carbocycles. The molecule has 5 aromatic carbocycles. The van der Waals surface area contributed by atoms with Crippen molar-refractivity contribution < 1.29 is 0 Å². The van der Waals surface area contributed by atoms with Crippen molar-refractivity contribution in [2.75, 3.05) is 0 Å². The third-order valence-corrected chi connectivity index (χ3v) is 9.10. The molecule has 226 valence electrons. The van der Waals surface area contributed by atoms with Crippen LogP contribution in [0.1, 0.15) is 52.7 Å². The Bertz CT molecular complexity index is 2180. The van der Waals surface area contributed by atoms with Crippen LogP contribution < -0.4 is 0 Å². The van der Waals surface area contributed by atoms with Crippen LogP contribution in [0.4, 0.5) is 0 Å². The van der Waals surface area contributed by atoms with Crippen molar-refractivity contribution in [3.8, 4) is 23.3 Å². The van der Waals surface area contributed by atoms with E-state index in [9.17, 15) is 0 Å². The molecule has 8 aromatic rings. The van der Waals surface area contributed by atoms with Crippen molar-refractivity contribution >= 4 is 43.6 Å². The molecule has 0 aliphatic heterocycles. The van der Waals surface area contributed by atoms with E-state index in [0.29, 0.717) is 17.7 Å². The summed E-state index contributed by atoms with van der Waals surface area (Å²) >= 11 is 0. The Labute approximate surface area is 269 Å². The average molecular weight is 600 g/mol. The zero-order valence-electron chi connectivity index (χ0n) is 27.2. The van der Waals surface area contributed by atoms with Gasteiger partial charge in [0.25, 0.3) is 0 Å². The number of aromatic nitrogens is 5. The Balaban J connectivity index is 1.50. The molecule has 0 atom stereocenters. The van der Waals surface area contributed by atoms with Gasteiger partial charge in [0.2, 0.25) is 11.9 Å². The van der Waals surface area contributed by atoms with Gasteiger partial charge in [0, 0.05) is 27.1 Å². The summed E-state index contributed by atoms with van der Waals surface area (Å²) in [5.74, 6) is 1.84. The summed E-state index contributed by atoms with van der Waals surface area (Å²) in [6, 6.07) is 40.8. The van der Waals surface area contributed by atoms with Gasteiger partial charge in [-0.3, -0.25) is 9.13 Å². The lowest BCUT2D eigenvalue weighted by atomic mass is 9.79. The van der Waals surface area contributed by atoms with Crippen molar-refractivity contribution in [1.29, 1.82) is 0 Å². The molecular formula is C41H37N5. The van der Waals surface area contributed by atoms with Gasteiger partial charge in [0.05, 0.1) is 22.1 Å². The highest BCUT2D eigenvalue weighted by molar-refractivity contribution is 6.10. The van der Waals surface area contributed by atoms with Crippen LogP contribution in [0.2, 0.25) is 0 Å². The van der Waals surface area contributed by atoms with E-state index in [1.165, 1.54) is 32.7 Å². The van der Waals surface area contributed by atoms with Crippen molar-refractivity contribution in [2.24, 2.45) is 0 Å². The molecule has 0 bridgehead atoms. The summed E-state index contributed by atoms with van der Waals surface area (Å²) < 4.78 is 4.37. The van der Waals surface area contributed by atoms with E-state index in [-0.39, 0.29) is 10.8 Å². The topological polar surface area (TPSA) is 48.5 Å². The second-order valence-electron chi connectivity index (χ2n) is 14.3. The van der Waals surface area contributed by atoms with Crippen LogP contribution >= 0.6 is 0 Å². The maximum Gasteiger partial charge on any atom is 0.240 e. The smallest absolute Gasteiger partial charge is 0.240 e. The number of rotatable bonds is 3. The molecule has 46 heavy (non-hydrogen) atoms. The fraction of sp³-hybridized carbons (Fsp3) is 0.195. The quantitative estimate of drug-likeness (QED) is 0.203. The molecule has 0 fully saturated rings. The fourth-order valence-electron chi connectivity index (χ4n) is 6.58. The number of hydrogen-bond acceptors (Lipinski definition) is 3. The minimum Gasteiger partial charge on any atom is -0.278 e. The highest BCUT2D eigenvalue weighted by Crippen LogP contribution is 2.36. The number of benzene rings is 5. The van der Waals surface area contributed by atoms with Gasteiger partial charge in [-0.1, -0.05) is 120 Å². The van der Waals surface area contributed by atoms with Crippen molar-refractivity contribution in [1.82, 2.24) is 24.1 Å². The van der Waals surface area contributed by atoms with E-state index in [1.807, 2.05) is 0 Å². The lowest BCUT2D eigenvalue weighted by molar-refractivity contribution is 0.569. The van der Waals surface area contributed by atoms with Gasteiger partial charge in [-0.25, -0.2) is 0 Å². The normalized spacial score (nSPS) is 12.6. The van der Waals surface area contributed by atoms with Crippen LogP contribution in [0.5, 0.6) is 0 Å². The van der Waals surface area contributed by atoms with Crippen LogP contribution in [-0.4, -0.2) is 24.1 Å². The lowest BCUT2D eigenvalue weighted by Crippen LogP contribution is -2.17. The molecule has 3 heterocycles. The van der Waals surface area contributed by atoms with Crippen LogP contribution in [0.3, 0.4) is 0 Å². The van der Waals surface area contributed by atoms with Gasteiger partial charge in [-0.2, -0.15) is 15.0 Å². The fourth-order valence-corrected chi connectivity index (χ4v) is 6.58. The Morgan fingerprint density at radius 1 is 0.413 bits per heavy atom. The minimum atomic E-state index is -0.0473. The number of para-hydroxylation sites is 4. The van der Waals surface area contributed by atoms with Crippen molar-refractivity contribution in [2.45, 2.75) is 52.4 Å². The van der Waals surface area contributed by atoms with Gasteiger partial charge >= 0.3 is 0 Å². The van der Waals surface area contributed by atoms with E-state index in [2.05, 4.69) is 166 Å². The van der Waals surface area contributed by atoms with E-state index < -0.39 is 0 Å². The monoisotopic (exact) mass is 599 g/mol. The average Bonchev–Trinajstić information content (AvgIpc) is 3.57. The number of hydrogen-bond donors (Lipinski definition) is 0. The third-order valence-electron chi connectivity index (χ3n) is 9.10. The van der Waals surface area contributed by atoms with Crippen LogP contribution in [0.15, 0.2) is 115 Å².